The molecule has 0 saturated heterocycles. The highest BCUT2D eigenvalue weighted by atomic mass is 35.5. The molecule has 0 fully saturated rings. The molecule has 0 aliphatic heterocycles. The van der Waals surface area contributed by atoms with E-state index in [2.05, 4.69) is 26.1 Å². The maximum absolute atomic E-state index is 13.6. The maximum atomic E-state index is 13.6. The van der Waals surface area contributed by atoms with Crippen LogP contribution in [0.15, 0.2) is 46.8 Å². The summed E-state index contributed by atoms with van der Waals surface area (Å²) in [4.78, 5) is 28.7. The Hall–Kier alpha value is -3.68. The summed E-state index contributed by atoms with van der Waals surface area (Å²) in [6, 6.07) is 6.65. The highest BCUT2D eigenvalue weighted by Crippen LogP contribution is 2.35. The first-order valence-corrected chi connectivity index (χ1v) is 10.6. The Bertz CT molecular complexity index is 1460. The molecule has 0 amide bonds. The number of aromatic nitrogens is 4. The highest BCUT2D eigenvalue weighted by molar-refractivity contribution is 7.14. The van der Waals surface area contributed by atoms with Gasteiger partial charge in [-0.1, -0.05) is 18.2 Å². The average Bonchev–Trinajstić information content (AvgIpc) is 2.77. The van der Waals surface area contributed by atoms with E-state index in [1.165, 1.54) is 12.1 Å². The van der Waals surface area contributed by atoms with E-state index >= 15 is 0 Å². The van der Waals surface area contributed by atoms with E-state index in [1.54, 1.807) is 13.0 Å². The Kier molecular flexibility index (Phi) is 7.63. The molecule has 14 heteroatoms. The molecule has 0 aliphatic carbocycles. The van der Waals surface area contributed by atoms with Crippen LogP contribution in [0.1, 0.15) is 29.4 Å². The third kappa shape index (κ3) is 5.88. The number of alkyl halides is 3. The molecule has 0 radical (unpaired) electrons. The van der Waals surface area contributed by atoms with Crippen LogP contribution in [0.25, 0.3) is 5.76 Å². The normalized spacial score (nSPS) is 11.1. The van der Waals surface area contributed by atoms with Gasteiger partial charge >= 0.3 is 6.18 Å². The van der Waals surface area contributed by atoms with E-state index in [4.69, 9.17) is 26.3 Å². The third-order valence-corrected chi connectivity index (χ3v) is 4.99. The molecule has 9 nitrogen and oxygen atoms in total. The standard InChI is InChI=1S/C21H16ClF3N5O4P/c1-3-33-11(2)16-7-14(28-30(35)19(16)31)9-29-10-27-18(21(23,24)25)17(20(29)32)34-15-5-12(8-26)4-13(22)6-15/h4-7,10H,2-3,9,35H2,1H3. The van der Waals surface area contributed by atoms with Gasteiger partial charge in [-0.25, -0.2) is 9.44 Å². The molecule has 3 aromatic rings. The summed E-state index contributed by atoms with van der Waals surface area (Å²) < 4.78 is 53.0. The zero-order chi connectivity index (χ0) is 25.9. The van der Waals surface area contributed by atoms with Crippen molar-refractivity contribution in [3.05, 3.63) is 85.4 Å². The van der Waals surface area contributed by atoms with Gasteiger partial charge in [-0.3, -0.25) is 14.2 Å². The van der Waals surface area contributed by atoms with Crippen LogP contribution < -0.4 is 15.9 Å². The molecule has 2 aromatic heterocycles. The second-order valence-electron chi connectivity index (χ2n) is 6.90. The minimum atomic E-state index is -5.02. The lowest BCUT2D eigenvalue weighted by molar-refractivity contribution is -0.142. The molecule has 0 spiro atoms. The number of hydrogen-bond acceptors (Lipinski definition) is 7. The monoisotopic (exact) mass is 525 g/mol. The summed E-state index contributed by atoms with van der Waals surface area (Å²) in [6.45, 7) is 5.25. The second kappa shape index (κ2) is 10.3. The van der Waals surface area contributed by atoms with Gasteiger partial charge in [-0.15, -0.1) is 0 Å². The minimum Gasteiger partial charge on any atom is -0.494 e. The molecule has 0 aliphatic rings. The average molecular weight is 526 g/mol. The van der Waals surface area contributed by atoms with Gasteiger partial charge in [0.25, 0.3) is 11.1 Å². The summed E-state index contributed by atoms with van der Waals surface area (Å²) in [5.74, 6) is -1.32. The first-order valence-electron chi connectivity index (χ1n) is 9.70. The largest absolute Gasteiger partial charge is 0.494 e. The summed E-state index contributed by atoms with van der Waals surface area (Å²) in [7, 11) is 2.07. The first-order chi connectivity index (χ1) is 16.4. The van der Waals surface area contributed by atoms with Gasteiger partial charge in [0.05, 0.1) is 42.4 Å². The molecular formula is C21H16ClF3N5O4P. The smallest absolute Gasteiger partial charge is 0.437 e. The topological polar surface area (TPSA) is 112 Å². The summed E-state index contributed by atoms with van der Waals surface area (Å²) in [5.41, 5.74) is -3.10. The van der Waals surface area contributed by atoms with Crippen LogP contribution >= 0.6 is 21.0 Å². The molecule has 0 saturated carbocycles. The lowest BCUT2D eigenvalue weighted by Crippen LogP contribution is -2.28. The number of benzene rings is 1. The zero-order valence-electron chi connectivity index (χ0n) is 18.0. The molecular weight excluding hydrogens is 510 g/mol. The van der Waals surface area contributed by atoms with E-state index in [0.29, 0.717) is 6.33 Å². The number of hydrogen-bond donors (Lipinski definition) is 0. The van der Waals surface area contributed by atoms with Gasteiger partial charge in [-0.05, 0) is 40.6 Å². The molecule has 182 valence electrons. The molecule has 2 heterocycles. The van der Waals surface area contributed by atoms with Gasteiger partial charge in [-0.2, -0.15) is 23.5 Å². The molecule has 0 bridgehead atoms. The van der Waals surface area contributed by atoms with E-state index in [0.717, 1.165) is 21.2 Å². The molecule has 0 N–H and O–H groups in total. The highest BCUT2D eigenvalue weighted by Gasteiger charge is 2.38. The quantitative estimate of drug-likeness (QED) is 0.340. The fourth-order valence-corrected chi connectivity index (χ4v) is 3.46. The van der Waals surface area contributed by atoms with Crippen LogP contribution in [0, 0.1) is 11.3 Å². The van der Waals surface area contributed by atoms with Crippen molar-refractivity contribution in [2.24, 2.45) is 0 Å². The van der Waals surface area contributed by atoms with Gasteiger partial charge in [0, 0.05) is 5.02 Å². The van der Waals surface area contributed by atoms with Crippen molar-refractivity contribution in [3.8, 4) is 17.6 Å². The number of nitriles is 1. The second-order valence-corrected chi connectivity index (χ2v) is 7.82. The van der Waals surface area contributed by atoms with Gasteiger partial charge in [0.2, 0.25) is 5.75 Å². The van der Waals surface area contributed by atoms with Crippen molar-refractivity contribution in [1.29, 1.82) is 5.26 Å². The lowest BCUT2D eigenvalue weighted by Gasteiger charge is -2.15. The van der Waals surface area contributed by atoms with Gasteiger partial charge in [0.15, 0.2) is 5.69 Å². The lowest BCUT2D eigenvalue weighted by atomic mass is 10.2. The van der Waals surface area contributed by atoms with Crippen molar-refractivity contribution in [1.82, 2.24) is 19.1 Å². The number of rotatable bonds is 7. The Balaban J connectivity index is 2.10. The molecule has 3 rings (SSSR count). The van der Waals surface area contributed by atoms with Crippen LogP contribution in [0.4, 0.5) is 13.2 Å². The number of ether oxygens (including phenoxy) is 2. The van der Waals surface area contributed by atoms with Gasteiger partial charge in [0.1, 0.15) is 11.5 Å². The molecule has 35 heavy (non-hydrogen) atoms. The zero-order valence-corrected chi connectivity index (χ0v) is 19.9. The number of nitrogens with zero attached hydrogens (tertiary/aromatic N) is 5. The van der Waals surface area contributed by atoms with Crippen LogP contribution in [0.3, 0.4) is 0 Å². The Morgan fingerprint density at radius 1 is 1.26 bits per heavy atom. The maximum Gasteiger partial charge on any atom is 0.437 e. The third-order valence-electron chi connectivity index (χ3n) is 4.42. The fourth-order valence-electron chi connectivity index (χ4n) is 2.95. The van der Waals surface area contributed by atoms with Crippen LogP contribution in [0.2, 0.25) is 5.02 Å². The number of halogens is 4. The van der Waals surface area contributed by atoms with Crippen molar-refractivity contribution in [2.75, 3.05) is 6.61 Å². The Labute approximate surface area is 203 Å². The van der Waals surface area contributed by atoms with Crippen molar-refractivity contribution in [3.63, 3.8) is 0 Å². The van der Waals surface area contributed by atoms with Crippen molar-refractivity contribution < 1.29 is 22.6 Å². The van der Waals surface area contributed by atoms with E-state index < -0.39 is 28.7 Å². The van der Waals surface area contributed by atoms with Crippen molar-refractivity contribution in [2.45, 2.75) is 19.6 Å². The first kappa shape index (κ1) is 25.9. The summed E-state index contributed by atoms with van der Waals surface area (Å²) in [6.07, 6.45) is -4.33. The van der Waals surface area contributed by atoms with Crippen LogP contribution in [0.5, 0.6) is 11.5 Å². The van der Waals surface area contributed by atoms with Crippen molar-refractivity contribution >= 4 is 26.8 Å². The predicted molar refractivity (Wildman–Crippen MR) is 123 cm³/mol. The van der Waals surface area contributed by atoms with Gasteiger partial charge < -0.3 is 9.47 Å². The van der Waals surface area contributed by atoms with Crippen LogP contribution in [-0.2, 0) is 17.5 Å². The minimum absolute atomic E-state index is 0.0132. The fraction of sp³-hybridized carbons (Fsp3) is 0.190. The summed E-state index contributed by atoms with van der Waals surface area (Å²) >= 11 is 5.89. The summed E-state index contributed by atoms with van der Waals surface area (Å²) in [5, 5.41) is 13.1. The Morgan fingerprint density at radius 3 is 2.60 bits per heavy atom. The van der Waals surface area contributed by atoms with Crippen LogP contribution in [-0.4, -0.2) is 25.7 Å². The Morgan fingerprint density at radius 2 is 1.97 bits per heavy atom. The van der Waals surface area contributed by atoms with E-state index in [9.17, 15) is 22.8 Å². The van der Waals surface area contributed by atoms with E-state index in [1.807, 2.05) is 0 Å². The SMILES string of the molecule is C=C(OCC)c1cc(Cn2cnc(C(F)(F)F)c(Oc3cc(Cl)cc(C#N)c3)c2=O)nn(P)c1=O. The van der Waals surface area contributed by atoms with E-state index in [-0.39, 0.29) is 46.5 Å². The molecule has 1 unspecified atom stereocenters. The molecule has 1 aromatic carbocycles. The molecule has 1 atom stereocenters. The predicted octanol–water partition coefficient (Wildman–Crippen LogP) is 3.83.